The Morgan fingerprint density at radius 1 is 1.24 bits per heavy atom. The smallest absolute Gasteiger partial charge is 0.0587 e. The lowest BCUT2D eigenvalue weighted by molar-refractivity contribution is 0.181. The molecular formula is C14H31NOS. The van der Waals surface area contributed by atoms with Gasteiger partial charge in [-0.05, 0) is 36.7 Å². The average Bonchev–Trinajstić information content (AvgIpc) is 2.37. The van der Waals surface area contributed by atoms with E-state index in [0.717, 1.165) is 19.7 Å². The van der Waals surface area contributed by atoms with Crippen LogP contribution in [0, 0.1) is 5.41 Å². The first-order valence-electron chi connectivity index (χ1n) is 6.93. The highest BCUT2D eigenvalue weighted by Gasteiger charge is 2.26. The van der Waals surface area contributed by atoms with Crippen LogP contribution in [0.2, 0.25) is 0 Å². The summed E-state index contributed by atoms with van der Waals surface area (Å²) in [4.78, 5) is 0. The van der Waals surface area contributed by atoms with Gasteiger partial charge in [0, 0.05) is 20.2 Å². The zero-order valence-electron chi connectivity index (χ0n) is 12.2. The topological polar surface area (TPSA) is 21.3 Å². The number of ether oxygens (including phenoxy) is 1. The maximum absolute atomic E-state index is 5.09. The second-order valence-corrected chi connectivity index (χ2v) is 5.86. The van der Waals surface area contributed by atoms with Crippen molar-refractivity contribution in [2.75, 3.05) is 38.8 Å². The minimum Gasteiger partial charge on any atom is -0.383 e. The van der Waals surface area contributed by atoms with Gasteiger partial charge in [-0.2, -0.15) is 11.8 Å². The number of rotatable bonds is 12. The quantitative estimate of drug-likeness (QED) is 0.543. The lowest BCUT2D eigenvalue weighted by atomic mass is 9.77. The van der Waals surface area contributed by atoms with Gasteiger partial charge in [0.25, 0.3) is 0 Å². The third-order valence-electron chi connectivity index (χ3n) is 3.63. The molecule has 104 valence electrons. The second-order valence-electron chi connectivity index (χ2n) is 4.87. The first-order chi connectivity index (χ1) is 8.24. The third-order valence-corrected chi connectivity index (χ3v) is 4.24. The molecule has 0 saturated heterocycles. The Labute approximate surface area is 112 Å². The van der Waals surface area contributed by atoms with Gasteiger partial charge in [0.1, 0.15) is 0 Å². The standard InChI is InChI=1S/C14H31NOS/c1-5-7-8-14(6-2,9-12-17-4)13-15-10-11-16-3/h15H,5-13H2,1-4H3. The fourth-order valence-electron chi connectivity index (χ4n) is 2.18. The Morgan fingerprint density at radius 3 is 2.53 bits per heavy atom. The second kappa shape index (κ2) is 11.4. The molecule has 2 nitrogen and oxygen atoms in total. The largest absolute Gasteiger partial charge is 0.383 e. The van der Waals surface area contributed by atoms with Gasteiger partial charge in [0.05, 0.1) is 6.61 Å². The van der Waals surface area contributed by atoms with Crippen LogP contribution in [-0.2, 0) is 4.74 Å². The molecule has 0 aliphatic rings. The van der Waals surface area contributed by atoms with Crippen LogP contribution in [0.4, 0.5) is 0 Å². The van der Waals surface area contributed by atoms with E-state index in [2.05, 4.69) is 25.4 Å². The fourth-order valence-corrected chi connectivity index (χ4v) is 2.82. The van der Waals surface area contributed by atoms with Gasteiger partial charge in [0.15, 0.2) is 0 Å². The third kappa shape index (κ3) is 8.06. The van der Waals surface area contributed by atoms with E-state index in [-0.39, 0.29) is 0 Å². The fraction of sp³-hybridized carbons (Fsp3) is 1.00. The SMILES string of the molecule is CCCCC(CC)(CCSC)CNCCOC. The number of unbranched alkanes of at least 4 members (excludes halogenated alkanes) is 1. The highest BCUT2D eigenvalue weighted by Crippen LogP contribution is 2.33. The minimum absolute atomic E-state index is 0.507. The molecule has 0 bridgehead atoms. The van der Waals surface area contributed by atoms with Crippen LogP contribution < -0.4 is 5.32 Å². The summed E-state index contributed by atoms with van der Waals surface area (Å²) in [6.45, 7) is 7.56. The average molecular weight is 261 g/mol. The lowest BCUT2D eigenvalue weighted by Crippen LogP contribution is -2.36. The molecule has 1 atom stereocenters. The van der Waals surface area contributed by atoms with Crippen LogP contribution in [0.25, 0.3) is 0 Å². The van der Waals surface area contributed by atoms with Crippen molar-refractivity contribution in [1.82, 2.24) is 5.32 Å². The monoisotopic (exact) mass is 261 g/mol. The van der Waals surface area contributed by atoms with Crippen LogP contribution in [0.1, 0.15) is 46.0 Å². The molecule has 0 rings (SSSR count). The first-order valence-corrected chi connectivity index (χ1v) is 8.32. The van der Waals surface area contributed by atoms with Crippen molar-refractivity contribution in [1.29, 1.82) is 0 Å². The van der Waals surface area contributed by atoms with E-state index in [9.17, 15) is 0 Å². The van der Waals surface area contributed by atoms with Gasteiger partial charge >= 0.3 is 0 Å². The Kier molecular flexibility index (Phi) is 11.5. The van der Waals surface area contributed by atoms with Crippen LogP contribution in [0.15, 0.2) is 0 Å². The van der Waals surface area contributed by atoms with Gasteiger partial charge in [-0.1, -0.05) is 26.7 Å². The van der Waals surface area contributed by atoms with Crippen molar-refractivity contribution in [3.63, 3.8) is 0 Å². The Bertz CT molecular complexity index is 156. The van der Waals surface area contributed by atoms with Gasteiger partial charge in [-0.3, -0.25) is 0 Å². The predicted molar refractivity (Wildman–Crippen MR) is 80.0 cm³/mol. The molecule has 0 aliphatic carbocycles. The molecule has 0 fully saturated rings. The van der Waals surface area contributed by atoms with E-state index in [1.807, 2.05) is 11.8 Å². The maximum Gasteiger partial charge on any atom is 0.0587 e. The Morgan fingerprint density at radius 2 is 2.00 bits per heavy atom. The molecule has 0 radical (unpaired) electrons. The van der Waals surface area contributed by atoms with Gasteiger partial charge in [0.2, 0.25) is 0 Å². The van der Waals surface area contributed by atoms with Crippen LogP contribution in [0.5, 0.6) is 0 Å². The summed E-state index contributed by atoms with van der Waals surface area (Å²) in [6.07, 6.45) is 8.85. The first kappa shape index (κ1) is 17.3. The molecule has 0 saturated carbocycles. The van der Waals surface area contributed by atoms with E-state index >= 15 is 0 Å². The predicted octanol–water partition coefficient (Wildman–Crippen LogP) is 3.56. The molecule has 0 amide bonds. The van der Waals surface area contributed by atoms with E-state index in [1.54, 1.807) is 7.11 Å². The molecule has 0 aromatic heterocycles. The normalized spacial score (nSPS) is 14.8. The van der Waals surface area contributed by atoms with E-state index in [1.165, 1.54) is 37.9 Å². The number of methoxy groups -OCH3 is 1. The molecular weight excluding hydrogens is 230 g/mol. The van der Waals surface area contributed by atoms with Crippen molar-refractivity contribution >= 4 is 11.8 Å². The Balaban J connectivity index is 4.12. The summed E-state index contributed by atoms with van der Waals surface area (Å²) in [5.74, 6) is 1.28. The molecule has 1 unspecified atom stereocenters. The molecule has 0 aromatic rings. The zero-order valence-corrected chi connectivity index (χ0v) is 13.0. The molecule has 0 heterocycles. The number of nitrogens with one attached hydrogen (secondary N) is 1. The van der Waals surface area contributed by atoms with Gasteiger partial charge < -0.3 is 10.1 Å². The summed E-state index contributed by atoms with van der Waals surface area (Å²) >= 11 is 1.97. The summed E-state index contributed by atoms with van der Waals surface area (Å²) in [6, 6.07) is 0. The zero-order chi connectivity index (χ0) is 13.0. The van der Waals surface area contributed by atoms with Crippen molar-refractivity contribution < 1.29 is 4.74 Å². The van der Waals surface area contributed by atoms with Crippen LogP contribution in [0.3, 0.4) is 0 Å². The van der Waals surface area contributed by atoms with Crippen LogP contribution >= 0.6 is 11.8 Å². The summed E-state index contributed by atoms with van der Waals surface area (Å²) in [5.41, 5.74) is 0.507. The molecule has 0 spiro atoms. The summed E-state index contributed by atoms with van der Waals surface area (Å²) < 4.78 is 5.09. The van der Waals surface area contributed by atoms with Gasteiger partial charge in [-0.15, -0.1) is 0 Å². The number of thioether (sulfide) groups is 1. The summed E-state index contributed by atoms with van der Waals surface area (Å²) in [7, 11) is 1.76. The van der Waals surface area contributed by atoms with E-state index in [0.29, 0.717) is 5.41 Å². The van der Waals surface area contributed by atoms with Crippen molar-refractivity contribution in [2.24, 2.45) is 5.41 Å². The molecule has 17 heavy (non-hydrogen) atoms. The van der Waals surface area contributed by atoms with E-state index < -0.39 is 0 Å². The Hall–Kier alpha value is 0.270. The highest BCUT2D eigenvalue weighted by molar-refractivity contribution is 7.98. The molecule has 0 aliphatic heterocycles. The minimum atomic E-state index is 0.507. The van der Waals surface area contributed by atoms with E-state index in [4.69, 9.17) is 4.74 Å². The lowest BCUT2D eigenvalue weighted by Gasteiger charge is -2.33. The molecule has 0 aromatic carbocycles. The molecule has 3 heteroatoms. The van der Waals surface area contributed by atoms with Crippen molar-refractivity contribution in [2.45, 2.75) is 46.0 Å². The maximum atomic E-state index is 5.09. The van der Waals surface area contributed by atoms with Gasteiger partial charge in [-0.25, -0.2) is 0 Å². The number of hydrogen-bond acceptors (Lipinski definition) is 3. The van der Waals surface area contributed by atoms with Crippen molar-refractivity contribution in [3.8, 4) is 0 Å². The summed E-state index contributed by atoms with van der Waals surface area (Å²) in [5, 5.41) is 3.56. The highest BCUT2D eigenvalue weighted by atomic mass is 32.2. The molecule has 1 N–H and O–H groups in total. The van der Waals surface area contributed by atoms with Crippen LogP contribution in [-0.4, -0.2) is 38.8 Å². The number of hydrogen-bond donors (Lipinski definition) is 1. The van der Waals surface area contributed by atoms with Crippen molar-refractivity contribution in [3.05, 3.63) is 0 Å².